The third-order valence-electron chi connectivity index (χ3n) is 1.63. The van der Waals surface area contributed by atoms with Crippen molar-refractivity contribution >= 4 is 23.2 Å². The van der Waals surface area contributed by atoms with E-state index in [-0.39, 0.29) is 10.8 Å². The van der Waals surface area contributed by atoms with Gasteiger partial charge in [0.15, 0.2) is 0 Å². The van der Waals surface area contributed by atoms with Crippen LogP contribution in [0.3, 0.4) is 0 Å². The maximum Gasteiger partial charge on any atom is 0.134 e. The molecular weight excluding hydrogens is 211 g/mol. The fourth-order valence-electron chi connectivity index (χ4n) is 1.06. The van der Waals surface area contributed by atoms with Gasteiger partial charge in [-0.05, 0) is 31.0 Å². The largest absolute Gasteiger partial charge is 0.506 e. The summed E-state index contributed by atoms with van der Waals surface area (Å²) < 4.78 is 0. The van der Waals surface area contributed by atoms with Crippen molar-refractivity contribution in [1.29, 1.82) is 0 Å². The standard InChI is InChI=1S/C9H10Cl2O2/c1-5(12)2-6-3-9(13)8(11)4-7(6)10/h3-5,12-13H,2H2,1H3. The van der Waals surface area contributed by atoms with E-state index >= 15 is 0 Å². The smallest absolute Gasteiger partial charge is 0.134 e. The molecule has 0 aliphatic rings. The number of hydrogen-bond acceptors (Lipinski definition) is 2. The summed E-state index contributed by atoms with van der Waals surface area (Å²) in [5.74, 6) is -0.0123. The first-order valence-corrected chi connectivity index (χ1v) is 4.61. The van der Waals surface area contributed by atoms with Crippen LogP contribution in [-0.2, 0) is 6.42 Å². The van der Waals surface area contributed by atoms with Gasteiger partial charge in [-0.25, -0.2) is 0 Å². The molecule has 4 heteroatoms. The van der Waals surface area contributed by atoms with Crippen LogP contribution in [0, 0.1) is 0 Å². The van der Waals surface area contributed by atoms with Crippen molar-refractivity contribution in [1.82, 2.24) is 0 Å². The Bertz CT molecular complexity index is 311. The molecule has 1 aromatic carbocycles. The minimum atomic E-state index is -0.488. The van der Waals surface area contributed by atoms with Crippen LogP contribution in [-0.4, -0.2) is 16.3 Å². The molecule has 0 aliphatic carbocycles. The number of halogens is 2. The number of aromatic hydroxyl groups is 1. The number of aliphatic hydroxyl groups is 1. The molecule has 0 fully saturated rings. The molecule has 0 saturated carbocycles. The van der Waals surface area contributed by atoms with Gasteiger partial charge in [-0.3, -0.25) is 0 Å². The van der Waals surface area contributed by atoms with E-state index in [9.17, 15) is 5.11 Å². The minimum Gasteiger partial charge on any atom is -0.506 e. The van der Waals surface area contributed by atoms with Gasteiger partial charge in [0.2, 0.25) is 0 Å². The highest BCUT2D eigenvalue weighted by Crippen LogP contribution is 2.30. The monoisotopic (exact) mass is 220 g/mol. The predicted molar refractivity (Wildman–Crippen MR) is 53.5 cm³/mol. The average molecular weight is 221 g/mol. The molecule has 2 N–H and O–H groups in total. The molecule has 0 aliphatic heterocycles. The Morgan fingerprint density at radius 3 is 2.46 bits per heavy atom. The quantitative estimate of drug-likeness (QED) is 0.805. The lowest BCUT2D eigenvalue weighted by Gasteiger charge is -2.08. The van der Waals surface area contributed by atoms with Crippen LogP contribution < -0.4 is 0 Å². The molecule has 1 atom stereocenters. The van der Waals surface area contributed by atoms with Gasteiger partial charge in [0.05, 0.1) is 11.1 Å². The number of benzene rings is 1. The van der Waals surface area contributed by atoms with Crippen molar-refractivity contribution in [3.8, 4) is 5.75 Å². The van der Waals surface area contributed by atoms with E-state index in [2.05, 4.69) is 0 Å². The van der Waals surface area contributed by atoms with Gasteiger partial charge in [-0.1, -0.05) is 23.2 Å². The lowest BCUT2D eigenvalue weighted by atomic mass is 10.1. The van der Waals surface area contributed by atoms with E-state index in [1.165, 1.54) is 12.1 Å². The number of phenols is 1. The first-order valence-electron chi connectivity index (χ1n) is 3.85. The molecule has 0 heterocycles. The maximum atomic E-state index is 9.27. The Labute approximate surface area is 86.7 Å². The van der Waals surface area contributed by atoms with Crippen molar-refractivity contribution in [3.05, 3.63) is 27.7 Å². The molecule has 72 valence electrons. The molecule has 0 radical (unpaired) electrons. The van der Waals surface area contributed by atoms with Crippen LogP contribution in [0.25, 0.3) is 0 Å². The molecular formula is C9H10Cl2O2. The molecule has 1 aromatic rings. The summed E-state index contributed by atoms with van der Waals surface area (Å²) in [5.41, 5.74) is 0.693. The lowest BCUT2D eigenvalue weighted by Crippen LogP contribution is -2.04. The fraction of sp³-hybridized carbons (Fsp3) is 0.333. The van der Waals surface area contributed by atoms with E-state index in [1.807, 2.05) is 0 Å². The van der Waals surface area contributed by atoms with Crippen LogP contribution in [0.2, 0.25) is 10.0 Å². The van der Waals surface area contributed by atoms with E-state index < -0.39 is 6.10 Å². The zero-order valence-corrected chi connectivity index (χ0v) is 8.60. The zero-order chi connectivity index (χ0) is 10.0. The SMILES string of the molecule is CC(O)Cc1cc(O)c(Cl)cc1Cl. The first-order chi connectivity index (χ1) is 6.00. The molecule has 1 unspecified atom stereocenters. The Morgan fingerprint density at radius 1 is 1.31 bits per heavy atom. The van der Waals surface area contributed by atoms with Gasteiger partial charge >= 0.3 is 0 Å². The maximum absolute atomic E-state index is 9.27. The van der Waals surface area contributed by atoms with E-state index in [4.69, 9.17) is 28.3 Å². The van der Waals surface area contributed by atoms with Crippen molar-refractivity contribution in [3.63, 3.8) is 0 Å². The summed E-state index contributed by atoms with van der Waals surface area (Å²) in [5, 5.41) is 19.1. The molecule has 0 bridgehead atoms. The van der Waals surface area contributed by atoms with E-state index in [1.54, 1.807) is 6.92 Å². The highest BCUT2D eigenvalue weighted by molar-refractivity contribution is 6.35. The Kier molecular flexibility index (Phi) is 3.42. The summed E-state index contributed by atoms with van der Waals surface area (Å²) in [6.07, 6.45) is -0.0816. The van der Waals surface area contributed by atoms with Crippen LogP contribution in [0.4, 0.5) is 0 Å². The average Bonchev–Trinajstić information content (AvgIpc) is 1.99. The summed E-state index contributed by atoms with van der Waals surface area (Å²) in [7, 11) is 0. The van der Waals surface area contributed by atoms with Crippen LogP contribution in [0.1, 0.15) is 12.5 Å². The van der Waals surface area contributed by atoms with Gasteiger partial charge in [0, 0.05) is 5.02 Å². The molecule has 0 aromatic heterocycles. The van der Waals surface area contributed by atoms with Crippen molar-refractivity contribution in [2.24, 2.45) is 0 Å². The summed E-state index contributed by atoms with van der Waals surface area (Å²) in [4.78, 5) is 0. The Morgan fingerprint density at radius 2 is 1.92 bits per heavy atom. The third kappa shape index (κ3) is 2.76. The van der Waals surface area contributed by atoms with Crippen molar-refractivity contribution in [2.75, 3.05) is 0 Å². The molecule has 13 heavy (non-hydrogen) atoms. The second-order valence-corrected chi connectivity index (χ2v) is 3.76. The van der Waals surface area contributed by atoms with Gasteiger partial charge in [-0.15, -0.1) is 0 Å². The molecule has 0 saturated heterocycles. The second kappa shape index (κ2) is 4.18. The predicted octanol–water partition coefficient (Wildman–Crippen LogP) is 2.62. The van der Waals surface area contributed by atoms with Gasteiger partial charge in [0.1, 0.15) is 5.75 Å². The molecule has 0 spiro atoms. The highest BCUT2D eigenvalue weighted by Gasteiger charge is 2.08. The first kappa shape index (κ1) is 10.6. The molecule has 2 nitrogen and oxygen atoms in total. The van der Waals surface area contributed by atoms with Gasteiger partial charge in [-0.2, -0.15) is 0 Å². The van der Waals surface area contributed by atoms with Crippen LogP contribution >= 0.6 is 23.2 Å². The zero-order valence-electron chi connectivity index (χ0n) is 7.09. The fourth-order valence-corrected chi connectivity index (χ4v) is 1.52. The van der Waals surface area contributed by atoms with Crippen molar-refractivity contribution in [2.45, 2.75) is 19.4 Å². The number of aliphatic hydroxyl groups excluding tert-OH is 1. The van der Waals surface area contributed by atoms with E-state index in [0.717, 1.165) is 0 Å². The number of rotatable bonds is 2. The third-order valence-corrected chi connectivity index (χ3v) is 2.29. The van der Waals surface area contributed by atoms with Crippen molar-refractivity contribution < 1.29 is 10.2 Å². The number of hydrogen-bond donors (Lipinski definition) is 2. The topological polar surface area (TPSA) is 40.5 Å². The van der Waals surface area contributed by atoms with Gasteiger partial charge < -0.3 is 10.2 Å². The normalized spacial score (nSPS) is 12.9. The summed E-state index contributed by atoms with van der Waals surface area (Å²) in [6, 6.07) is 2.94. The minimum absolute atomic E-state index is 0.0123. The summed E-state index contributed by atoms with van der Waals surface area (Å²) >= 11 is 11.5. The lowest BCUT2D eigenvalue weighted by molar-refractivity contribution is 0.195. The van der Waals surface area contributed by atoms with Crippen LogP contribution in [0.15, 0.2) is 12.1 Å². The van der Waals surface area contributed by atoms with Crippen LogP contribution in [0.5, 0.6) is 5.75 Å². The highest BCUT2D eigenvalue weighted by atomic mass is 35.5. The molecule has 1 rings (SSSR count). The summed E-state index contributed by atoms with van der Waals surface area (Å²) in [6.45, 7) is 1.65. The Balaban J connectivity index is 3.01. The number of phenolic OH excluding ortho intramolecular Hbond substituents is 1. The molecule has 0 amide bonds. The van der Waals surface area contributed by atoms with E-state index in [0.29, 0.717) is 17.0 Å². The second-order valence-electron chi connectivity index (χ2n) is 2.95. The Hall–Kier alpha value is -0.440. The van der Waals surface area contributed by atoms with Gasteiger partial charge in [0.25, 0.3) is 0 Å².